The van der Waals surface area contributed by atoms with E-state index in [1.165, 1.54) is 0 Å². The lowest BCUT2D eigenvalue weighted by molar-refractivity contribution is -0.307. The average Bonchev–Trinajstić information content (AvgIpc) is 2.64. The Morgan fingerprint density at radius 3 is 2.38 bits per heavy atom. The molecule has 1 atom stereocenters. The minimum absolute atomic E-state index is 0. The minimum atomic E-state index is -1.24. The summed E-state index contributed by atoms with van der Waals surface area (Å²) in [5.41, 5.74) is 8.08. The van der Waals surface area contributed by atoms with E-state index in [9.17, 15) is 9.90 Å². The molecule has 0 fully saturated rings. The van der Waals surface area contributed by atoms with Crippen LogP contribution in [0.5, 0.6) is 5.75 Å². The fourth-order valence-electron chi connectivity index (χ4n) is 2.72. The summed E-state index contributed by atoms with van der Waals surface area (Å²) in [6.07, 6.45) is 0. The summed E-state index contributed by atoms with van der Waals surface area (Å²) in [7, 11) is 0. The molecule has 0 saturated carbocycles. The second-order valence-corrected chi connectivity index (χ2v) is 6.77. The number of ether oxygens (including phenoxy) is 1. The molecule has 158 valence electrons. The third-order valence-corrected chi connectivity index (χ3v) is 4.09. The van der Waals surface area contributed by atoms with Gasteiger partial charge in [-0.2, -0.15) is 0 Å². The van der Waals surface area contributed by atoms with Gasteiger partial charge in [0.15, 0.2) is 0 Å². The number of nitrogen functional groups attached to an aromatic ring is 1. The van der Waals surface area contributed by atoms with Gasteiger partial charge in [-0.3, -0.25) is 5.41 Å². The fraction of sp³-hybridized carbons (Fsp3) is 0.333. The molecule has 29 heavy (non-hydrogen) atoms. The number of amidine groups is 1. The largest absolute Gasteiger partial charge is 0.548 e. The molecule has 7 nitrogen and oxygen atoms in total. The second kappa shape index (κ2) is 11.3. The quantitative estimate of drug-likeness (QED) is 0.345. The maximum Gasteiger partial charge on any atom is 0.122 e. The molecule has 0 heterocycles. The van der Waals surface area contributed by atoms with E-state index >= 15 is 0 Å². The van der Waals surface area contributed by atoms with Crippen LogP contribution in [-0.4, -0.2) is 24.5 Å². The zero-order chi connectivity index (χ0) is 20.7. The summed E-state index contributed by atoms with van der Waals surface area (Å²) in [6.45, 7) is 7.05. The van der Waals surface area contributed by atoms with Crippen molar-refractivity contribution >= 4 is 29.9 Å². The Morgan fingerprint density at radius 1 is 1.21 bits per heavy atom. The first kappa shape index (κ1) is 24.3. The molecule has 0 aromatic heterocycles. The summed E-state index contributed by atoms with van der Waals surface area (Å²) < 4.78 is 5.61. The topological polar surface area (TPSA) is 123 Å². The van der Waals surface area contributed by atoms with Crippen LogP contribution in [0.4, 0.5) is 5.69 Å². The number of carbonyl (C=O) groups is 1. The summed E-state index contributed by atoms with van der Waals surface area (Å²) in [6, 6.07) is 11.4. The van der Waals surface area contributed by atoms with Gasteiger partial charge in [0.1, 0.15) is 11.6 Å². The van der Waals surface area contributed by atoms with E-state index in [0.717, 1.165) is 5.56 Å². The van der Waals surface area contributed by atoms with Crippen molar-refractivity contribution in [2.24, 2.45) is 5.73 Å². The van der Waals surface area contributed by atoms with Crippen LogP contribution in [0.25, 0.3) is 0 Å². The van der Waals surface area contributed by atoms with Gasteiger partial charge >= 0.3 is 0 Å². The molecule has 2 aromatic rings. The number of nitrogens with two attached hydrogens (primary N) is 1. The first-order valence-electron chi connectivity index (χ1n) is 9.22. The monoisotopic (exact) mass is 419 g/mol. The SMILES string of the molecule is CCOc1cc(CNC(C)C)cc(C(Nc2ccc(C(=N)N)cc2)C(=O)[O-])c1.Cl. The van der Waals surface area contributed by atoms with Crippen LogP contribution < -0.4 is 26.2 Å². The van der Waals surface area contributed by atoms with Gasteiger partial charge in [-0.15, -0.1) is 12.4 Å². The molecule has 0 spiro atoms. The summed E-state index contributed by atoms with van der Waals surface area (Å²) in [4.78, 5) is 11.8. The van der Waals surface area contributed by atoms with Crippen LogP contribution in [0, 0.1) is 5.41 Å². The number of halogens is 1. The van der Waals surface area contributed by atoms with Crippen LogP contribution in [0.2, 0.25) is 0 Å². The Hall–Kier alpha value is -2.77. The number of rotatable bonds is 10. The van der Waals surface area contributed by atoms with E-state index in [1.54, 1.807) is 30.3 Å². The van der Waals surface area contributed by atoms with Crippen LogP contribution >= 0.6 is 12.4 Å². The number of carboxylic acids is 1. The molecule has 2 rings (SSSR count). The molecule has 0 aliphatic carbocycles. The highest BCUT2D eigenvalue weighted by Gasteiger charge is 2.16. The number of carbonyl (C=O) groups excluding carboxylic acids is 1. The third kappa shape index (κ3) is 7.29. The number of hydrogen-bond donors (Lipinski definition) is 4. The summed E-state index contributed by atoms with van der Waals surface area (Å²) in [5.74, 6) is -0.678. The highest BCUT2D eigenvalue weighted by atomic mass is 35.5. The molecule has 2 aromatic carbocycles. The highest BCUT2D eigenvalue weighted by Crippen LogP contribution is 2.26. The van der Waals surface area contributed by atoms with Gasteiger partial charge < -0.3 is 31.0 Å². The van der Waals surface area contributed by atoms with Crippen molar-refractivity contribution in [3.05, 3.63) is 59.2 Å². The lowest BCUT2D eigenvalue weighted by Gasteiger charge is -2.23. The van der Waals surface area contributed by atoms with Crippen molar-refractivity contribution in [3.63, 3.8) is 0 Å². The zero-order valence-electron chi connectivity index (χ0n) is 16.8. The molecular weight excluding hydrogens is 392 g/mol. The van der Waals surface area contributed by atoms with Gasteiger partial charge in [0, 0.05) is 23.8 Å². The number of carboxylic acid groups (broad SMARTS) is 1. The Kier molecular flexibility index (Phi) is 9.44. The zero-order valence-corrected chi connectivity index (χ0v) is 17.6. The van der Waals surface area contributed by atoms with Crippen LogP contribution in [0.1, 0.15) is 43.5 Å². The molecule has 0 aliphatic rings. The van der Waals surface area contributed by atoms with Crippen LogP contribution in [0.15, 0.2) is 42.5 Å². The van der Waals surface area contributed by atoms with Gasteiger partial charge in [0.05, 0.1) is 18.6 Å². The molecule has 0 bridgehead atoms. The Balaban J connectivity index is 0.00000420. The lowest BCUT2D eigenvalue weighted by atomic mass is 10.0. The van der Waals surface area contributed by atoms with Gasteiger partial charge in [-0.05, 0) is 54.4 Å². The third-order valence-electron chi connectivity index (χ3n) is 4.09. The van der Waals surface area contributed by atoms with Gasteiger partial charge in [-0.25, -0.2) is 0 Å². The Bertz CT molecular complexity index is 825. The lowest BCUT2D eigenvalue weighted by Crippen LogP contribution is -2.34. The maximum atomic E-state index is 11.8. The smallest absolute Gasteiger partial charge is 0.122 e. The standard InChI is InChI=1S/C21H28N4O3.ClH/c1-4-28-18-10-14(12-24-13(2)3)9-16(11-18)19(21(26)27)25-17-7-5-15(6-8-17)20(22)23;/h5-11,13,19,24-25H,4,12H2,1-3H3,(H3,22,23)(H,26,27);1H/p-1. The fourth-order valence-corrected chi connectivity index (χ4v) is 2.72. The Labute approximate surface area is 177 Å². The molecule has 5 N–H and O–H groups in total. The highest BCUT2D eigenvalue weighted by molar-refractivity contribution is 5.95. The van der Waals surface area contributed by atoms with Gasteiger partial charge in [0.2, 0.25) is 0 Å². The first-order chi connectivity index (χ1) is 13.3. The average molecular weight is 420 g/mol. The number of anilines is 1. The maximum absolute atomic E-state index is 11.8. The van der Waals surface area contributed by atoms with Crippen molar-refractivity contribution < 1.29 is 14.6 Å². The van der Waals surface area contributed by atoms with Crippen molar-refractivity contribution in [2.45, 2.75) is 39.4 Å². The second-order valence-electron chi connectivity index (χ2n) is 6.77. The van der Waals surface area contributed by atoms with Gasteiger partial charge in [-0.1, -0.05) is 19.9 Å². The first-order valence-corrected chi connectivity index (χ1v) is 9.22. The van der Waals surface area contributed by atoms with E-state index in [4.69, 9.17) is 15.9 Å². The van der Waals surface area contributed by atoms with Crippen molar-refractivity contribution in [2.75, 3.05) is 11.9 Å². The molecule has 1 unspecified atom stereocenters. The molecule has 0 radical (unpaired) electrons. The predicted molar refractivity (Wildman–Crippen MR) is 116 cm³/mol. The van der Waals surface area contributed by atoms with Crippen molar-refractivity contribution in [3.8, 4) is 5.75 Å². The van der Waals surface area contributed by atoms with Gasteiger partial charge in [0.25, 0.3) is 0 Å². The number of nitrogens with one attached hydrogen (secondary N) is 3. The Morgan fingerprint density at radius 2 is 1.86 bits per heavy atom. The molecule has 0 amide bonds. The molecule has 0 saturated heterocycles. The van der Waals surface area contributed by atoms with Crippen molar-refractivity contribution in [1.29, 1.82) is 5.41 Å². The minimum Gasteiger partial charge on any atom is -0.548 e. The number of aliphatic carboxylic acids is 1. The number of hydrogen-bond acceptors (Lipinski definition) is 6. The van der Waals surface area contributed by atoms with Crippen LogP contribution in [0.3, 0.4) is 0 Å². The molecular formula is C21H28ClN4O3-. The summed E-state index contributed by atoms with van der Waals surface area (Å²) in [5, 5.41) is 25.6. The van der Waals surface area contributed by atoms with E-state index in [-0.39, 0.29) is 18.2 Å². The van der Waals surface area contributed by atoms with Crippen molar-refractivity contribution in [1.82, 2.24) is 5.32 Å². The molecule has 0 aliphatic heterocycles. The number of benzene rings is 2. The van der Waals surface area contributed by atoms with Crippen LogP contribution in [-0.2, 0) is 11.3 Å². The summed E-state index contributed by atoms with van der Waals surface area (Å²) >= 11 is 0. The van der Waals surface area contributed by atoms with E-state index < -0.39 is 12.0 Å². The predicted octanol–water partition coefficient (Wildman–Crippen LogP) is 2.19. The molecule has 8 heteroatoms. The van der Waals surface area contributed by atoms with E-state index in [0.29, 0.717) is 41.8 Å². The van der Waals surface area contributed by atoms with E-state index in [1.807, 2.05) is 32.9 Å². The normalized spacial score (nSPS) is 11.4. The van der Waals surface area contributed by atoms with E-state index in [2.05, 4.69) is 10.6 Å².